The standard InChI is InChI=1S/C11H19N3OS/c15-10(14-7-1-2-8-14)5-6-12-11(16)13-9-3-4-9/h9H,1-8H2,(H2,12,13,16). The van der Waals surface area contributed by atoms with E-state index in [1.54, 1.807) is 0 Å². The summed E-state index contributed by atoms with van der Waals surface area (Å²) in [5, 5.41) is 6.97. The molecular weight excluding hydrogens is 222 g/mol. The Hall–Kier alpha value is -0.840. The quantitative estimate of drug-likeness (QED) is 0.709. The molecule has 0 spiro atoms. The van der Waals surface area contributed by atoms with Gasteiger partial charge in [-0.2, -0.15) is 0 Å². The minimum Gasteiger partial charge on any atom is -0.362 e. The predicted octanol–water partition coefficient (Wildman–Crippen LogP) is 0.625. The Kier molecular flexibility index (Phi) is 3.98. The molecule has 0 aromatic carbocycles. The molecule has 2 N–H and O–H groups in total. The number of nitrogens with one attached hydrogen (secondary N) is 2. The normalized spacial score (nSPS) is 19.6. The molecule has 2 aliphatic rings. The number of rotatable bonds is 4. The fraction of sp³-hybridized carbons (Fsp3) is 0.818. The van der Waals surface area contributed by atoms with Crippen LogP contribution in [0.15, 0.2) is 0 Å². The summed E-state index contributed by atoms with van der Waals surface area (Å²) in [5.41, 5.74) is 0. The number of carbonyl (C=O) groups is 1. The van der Waals surface area contributed by atoms with Crippen molar-refractivity contribution in [3.63, 3.8) is 0 Å². The Morgan fingerprint density at radius 1 is 1.31 bits per heavy atom. The summed E-state index contributed by atoms with van der Waals surface area (Å²) in [6.07, 6.45) is 5.29. The highest BCUT2D eigenvalue weighted by Crippen LogP contribution is 2.18. The van der Waals surface area contributed by atoms with Crippen LogP contribution >= 0.6 is 12.2 Å². The van der Waals surface area contributed by atoms with Crippen LogP contribution in [0.2, 0.25) is 0 Å². The Bertz CT molecular complexity index is 272. The van der Waals surface area contributed by atoms with E-state index in [1.165, 1.54) is 12.8 Å². The molecule has 0 unspecified atom stereocenters. The molecule has 0 atom stereocenters. The summed E-state index contributed by atoms with van der Waals surface area (Å²) in [6, 6.07) is 0.578. The number of amides is 1. The van der Waals surface area contributed by atoms with Gasteiger partial charge in [-0.25, -0.2) is 0 Å². The van der Waals surface area contributed by atoms with Crippen molar-refractivity contribution in [3.8, 4) is 0 Å². The molecule has 0 bridgehead atoms. The molecule has 1 amide bonds. The van der Waals surface area contributed by atoms with E-state index in [0.29, 0.717) is 24.1 Å². The van der Waals surface area contributed by atoms with Gasteiger partial charge in [0.1, 0.15) is 0 Å². The van der Waals surface area contributed by atoms with Gasteiger partial charge in [0.25, 0.3) is 0 Å². The van der Waals surface area contributed by atoms with Crippen molar-refractivity contribution in [2.24, 2.45) is 0 Å². The lowest BCUT2D eigenvalue weighted by molar-refractivity contribution is -0.129. The van der Waals surface area contributed by atoms with E-state index in [1.807, 2.05) is 4.90 Å². The van der Waals surface area contributed by atoms with Gasteiger partial charge in [0.2, 0.25) is 5.91 Å². The van der Waals surface area contributed by atoms with Crippen molar-refractivity contribution in [2.75, 3.05) is 19.6 Å². The van der Waals surface area contributed by atoms with E-state index >= 15 is 0 Å². The van der Waals surface area contributed by atoms with Crippen molar-refractivity contribution in [1.82, 2.24) is 15.5 Å². The summed E-state index contributed by atoms with van der Waals surface area (Å²) in [5.74, 6) is 0.249. The molecule has 2 fully saturated rings. The highest BCUT2D eigenvalue weighted by molar-refractivity contribution is 7.80. The summed E-state index contributed by atoms with van der Waals surface area (Å²) < 4.78 is 0. The minimum absolute atomic E-state index is 0.249. The van der Waals surface area contributed by atoms with E-state index in [9.17, 15) is 4.79 Å². The van der Waals surface area contributed by atoms with Crippen molar-refractivity contribution < 1.29 is 4.79 Å². The zero-order valence-corrected chi connectivity index (χ0v) is 10.3. The molecule has 1 aliphatic carbocycles. The van der Waals surface area contributed by atoms with Gasteiger partial charge < -0.3 is 15.5 Å². The van der Waals surface area contributed by atoms with Crippen molar-refractivity contribution >= 4 is 23.2 Å². The molecule has 0 aromatic rings. The Morgan fingerprint density at radius 3 is 2.62 bits per heavy atom. The molecule has 1 heterocycles. The zero-order valence-electron chi connectivity index (χ0n) is 9.50. The maximum atomic E-state index is 11.7. The van der Waals surface area contributed by atoms with Crippen LogP contribution in [-0.2, 0) is 4.79 Å². The average molecular weight is 241 g/mol. The second-order valence-electron chi connectivity index (χ2n) is 4.51. The summed E-state index contributed by atoms with van der Waals surface area (Å²) >= 11 is 5.11. The van der Waals surface area contributed by atoms with E-state index in [4.69, 9.17) is 12.2 Å². The predicted molar refractivity (Wildman–Crippen MR) is 67.2 cm³/mol. The molecule has 90 valence electrons. The lowest BCUT2D eigenvalue weighted by atomic mass is 10.3. The number of likely N-dealkylation sites (tertiary alicyclic amines) is 1. The fourth-order valence-corrected chi connectivity index (χ4v) is 2.14. The SMILES string of the molecule is O=C(CCNC(=S)NC1CC1)N1CCCC1. The molecule has 1 aliphatic heterocycles. The van der Waals surface area contributed by atoms with Gasteiger partial charge in [0.15, 0.2) is 5.11 Å². The third-order valence-corrected chi connectivity index (χ3v) is 3.26. The van der Waals surface area contributed by atoms with E-state index in [-0.39, 0.29) is 5.91 Å². The number of hydrogen-bond donors (Lipinski definition) is 2. The van der Waals surface area contributed by atoms with Crippen LogP contribution < -0.4 is 10.6 Å². The summed E-state index contributed by atoms with van der Waals surface area (Å²) in [6.45, 7) is 2.51. The van der Waals surface area contributed by atoms with Crippen LogP contribution in [0, 0.1) is 0 Å². The molecule has 1 saturated carbocycles. The van der Waals surface area contributed by atoms with E-state index in [2.05, 4.69) is 10.6 Å². The van der Waals surface area contributed by atoms with E-state index < -0.39 is 0 Å². The number of hydrogen-bond acceptors (Lipinski definition) is 2. The minimum atomic E-state index is 0.249. The van der Waals surface area contributed by atoms with Gasteiger partial charge in [-0.05, 0) is 37.9 Å². The molecule has 5 heteroatoms. The van der Waals surface area contributed by atoms with Gasteiger partial charge >= 0.3 is 0 Å². The van der Waals surface area contributed by atoms with Crippen molar-refractivity contribution in [3.05, 3.63) is 0 Å². The first-order chi connectivity index (χ1) is 7.75. The monoisotopic (exact) mass is 241 g/mol. The van der Waals surface area contributed by atoms with Gasteiger partial charge in [-0.3, -0.25) is 4.79 Å². The van der Waals surface area contributed by atoms with Crippen LogP contribution in [0.1, 0.15) is 32.1 Å². The molecule has 0 radical (unpaired) electrons. The van der Waals surface area contributed by atoms with Crippen LogP contribution in [-0.4, -0.2) is 41.6 Å². The molecule has 2 rings (SSSR count). The van der Waals surface area contributed by atoms with Crippen LogP contribution in [0.5, 0.6) is 0 Å². The first-order valence-electron chi connectivity index (χ1n) is 6.08. The van der Waals surface area contributed by atoms with Gasteiger partial charge in [0.05, 0.1) is 0 Å². The fourth-order valence-electron chi connectivity index (χ4n) is 1.87. The molecule has 4 nitrogen and oxygen atoms in total. The maximum Gasteiger partial charge on any atom is 0.224 e. The lowest BCUT2D eigenvalue weighted by Gasteiger charge is -2.15. The van der Waals surface area contributed by atoms with Gasteiger partial charge in [-0.1, -0.05) is 0 Å². The van der Waals surface area contributed by atoms with Crippen LogP contribution in [0.4, 0.5) is 0 Å². The lowest BCUT2D eigenvalue weighted by Crippen LogP contribution is -2.39. The highest BCUT2D eigenvalue weighted by atomic mass is 32.1. The maximum absolute atomic E-state index is 11.7. The average Bonchev–Trinajstić information content (AvgIpc) is 2.90. The largest absolute Gasteiger partial charge is 0.362 e. The van der Waals surface area contributed by atoms with Gasteiger partial charge in [-0.15, -0.1) is 0 Å². The molecule has 0 aromatic heterocycles. The van der Waals surface area contributed by atoms with Gasteiger partial charge in [0, 0.05) is 32.1 Å². The number of thiocarbonyl (C=S) groups is 1. The Labute approximate surface area is 102 Å². The number of carbonyl (C=O) groups excluding carboxylic acids is 1. The third-order valence-electron chi connectivity index (χ3n) is 3.00. The number of nitrogens with zero attached hydrogens (tertiary/aromatic N) is 1. The summed E-state index contributed by atoms with van der Waals surface area (Å²) in [4.78, 5) is 13.6. The third kappa shape index (κ3) is 3.63. The van der Waals surface area contributed by atoms with Crippen molar-refractivity contribution in [1.29, 1.82) is 0 Å². The molecular formula is C11H19N3OS. The first-order valence-corrected chi connectivity index (χ1v) is 6.48. The van der Waals surface area contributed by atoms with Crippen LogP contribution in [0.3, 0.4) is 0 Å². The second-order valence-corrected chi connectivity index (χ2v) is 4.92. The molecule has 1 saturated heterocycles. The topological polar surface area (TPSA) is 44.4 Å². The zero-order chi connectivity index (χ0) is 11.4. The first kappa shape index (κ1) is 11.6. The second kappa shape index (κ2) is 5.48. The Morgan fingerprint density at radius 2 is 2.00 bits per heavy atom. The highest BCUT2D eigenvalue weighted by Gasteiger charge is 2.22. The molecule has 16 heavy (non-hydrogen) atoms. The van der Waals surface area contributed by atoms with Crippen molar-refractivity contribution in [2.45, 2.75) is 38.1 Å². The smallest absolute Gasteiger partial charge is 0.224 e. The summed E-state index contributed by atoms with van der Waals surface area (Å²) in [7, 11) is 0. The Balaban J connectivity index is 1.55. The van der Waals surface area contributed by atoms with E-state index in [0.717, 1.165) is 25.9 Å². The van der Waals surface area contributed by atoms with Crippen LogP contribution in [0.25, 0.3) is 0 Å².